The summed E-state index contributed by atoms with van der Waals surface area (Å²) in [5.74, 6) is 0. The fourth-order valence-corrected chi connectivity index (χ4v) is 2.77. The van der Waals surface area contributed by atoms with Crippen LogP contribution in [0.5, 0.6) is 0 Å². The molecular formula is C15H25N3. The highest BCUT2D eigenvalue weighted by atomic mass is 15.2. The molecule has 1 aliphatic rings. The van der Waals surface area contributed by atoms with Crippen molar-refractivity contribution in [1.29, 1.82) is 0 Å². The van der Waals surface area contributed by atoms with Gasteiger partial charge >= 0.3 is 0 Å². The number of hydrogen-bond donors (Lipinski definition) is 2. The minimum Gasteiger partial charge on any atom is -0.326 e. The molecule has 1 aromatic rings. The van der Waals surface area contributed by atoms with Crippen LogP contribution < -0.4 is 11.1 Å². The summed E-state index contributed by atoms with van der Waals surface area (Å²) in [5.41, 5.74) is 7.58. The van der Waals surface area contributed by atoms with Crippen LogP contribution in [0.15, 0.2) is 30.3 Å². The first kappa shape index (κ1) is 13.5. The number of nitrogens with zero attached hydrogens (tertiary/aromatic N) is 1. The summed E-state index contributed by atoms with van der Waals surface area (Å²) in [7, 11) is 0. The molecule has 0 bridgehead atoms. The van der Waals surface area contributed by atoms with Gasteiger partial charge in [0.25, 0.3) is 0 Å². The highest BCUT2D eigenvalue weighted by Crippen LogP contribution is 2.10. The molecule has 2 atom stereocenters. The molecule has 3 nitrogen and oxygen atoms in total. The molecule has 0 saturated carbocycles. The Labute approximate surface area is 110 Å². The van der Waals surface area contributed by atoms with Crippen molar-refractivity contribution in [3.05, 3.63) is 35.9 Å². The van der Waals surface area contributed by atoms with E-state index in [2.05, 4.69) is 47.5 Å². The zero-order valence-electron chi connectivity index (χ0n) is 11.3. The lowest BCUT2D eigenvalue weighted by molar-refractivity contribution is 0.304. The smallest absolute Gasteiger partial charge is 0.0208 e. The quantitative estimate of drug-likeness (QED) is 0.795. The number of benzene rings is 1. The molecule has 1 aromatic carbocycles. The molecule has 1 fully saturated rings. The van der Waals surface area contributed by atoms with Crippen molar-refractivity contribution in [3.63, 3.8) is 0 Å². The van der Waals surface area contributed by atoms with Crippen LogP contribution in [0.2, 0.25) is 0 Å². The molecule has 1 aliphatic heterocycles. The van der Waals surface area contributed by atoms with Crippen molar-refractivity contribution in [2.45, 2.75) is 31.8 Å². The topological polar surface area (TPSA) is 41.3 Å². The van der Waals surface area contributed by atoms with Crippen molar-refractivity contribution < 1.29 is 0 Å². The third-order valence-electron chi connectivity index (χ3n) is 3.60. The number of likely N-dealkylation sites (tertiary alicyclic amines) is 1. The van der Waals surface area contributed by atoms with Gasteiger partial charge in [0.05, 0.1) is 0 Å². The molecule has 0 radical (unpaired) electrons. The summed E-state index contributed by atoms with van der Waals surface area (Å²) in [4.78, 5) is 2.49. The van der Waals surface area contributed by atoms with Crippen LogP contribution >= 0.6 is 0 Å². The Hall–Kier alpha value is -0.900. The summed E-state index contributed by atoms with van der Waals surface area (Å²) < 4.78 is 0. The van der Waals surface area contributed by atoms with Crippen LogP contribution in [0.4, 0.5) is 0 Å². The number of hydrogen-bond acceptors (Lipinski definition) is 3. The Morgan fingerprint density at radius 1 is 1.39 bits per heavy atom. The predicted molar refractivity (Wildman–Crippen MR) is 76.6 cm³/mol. The largest absolute Gasteiger partial charge is 0.326 e. The Balaban J connectivity index is 1.73. The Kier molecular flexibility index (Phi) is 5.17. The van der Waals surface area contributed by atoms with E-state index in [1.807, 2.05) is 0 Å². The summed E-state index contributed by atoms with van der Waals surface area (Å²) in [6, 6.07) is 11.4. The minimum absolute atomic E-state index is 0.243. The molecule has 0 aliphatic carbocycles. The second-order valence-electron chi connectivity index (χ2n) is 5.25. The van der Waals surface area contributed by atoms with Gasteiger partial charge in [-0.2, -0.15) is 0 Å². The lowest BCUT2D eigenvalue weighted by Crippen LogP contribution is -2.39. The van der Waals surface area contributed by atoms with Crippen LogP contribution in [0.3, 0.4) is 0 Å². The molecule has 0 spiro atoms. The van der Waals surface area contributed by atoms with Crippen LogP contribution in [0.25, 0.3) is 0 Å². The van der Waals surface area contributed by atoms with Gasteiger partial charge in [-0.25, -0.2) is 0 Å². The Morgan fingerprint density at radius 2 is 2.17 bits per heavy atom. The van der Waals surface area contributed by atoms with Crippen molar-refractivity contribution >= 4 is 0 Å². The van der Waals surface area contributed by atoms with Crippen molar-refractivity contribution in [3.8, 4) is 0 Å². The van der Waals surface area contributed by atoms with Gasteiger partial charge < -0.3 is 16.0 Å². The summed E-state index contributed by atoms with van der Waals surface area (Å²) in [6.45, 7) is 6.58. The molecule has 0 aromatic heterocycles. The normalized spacial score (nSPS) is 22.2. The van der Waals surface area contributed by atoms with E-state index in [1.165, 1.54) is 18.5 Å². The van der Waals surface area contributed by atoms with E-state index >= 15 is 0 Å². The lowest BCUT2D eigenvalue weighted by Gasteiger charge is -2.21. The summed E-state index contributed by atoms with van der Waals surface area (Å²) in [5, 5.41) is 3.51. The number of likely N-dealkylation sites (N-methyl/N-ethyl adjacent to an activating group) is 1. The molecular weight excluding hydrogens is 222 g/mol. The molecule has 3 N–H and O–H groups in total. The van der Waals surface area contributed by atoms with Gasteiger partial charge in [-0.1, -0.05) is 37.3 Å². The maximum absolute atomic E-state index is 6.24. The second-order valence-corrected chi connectivity index (χ2v) is 5.25. The molecule has 0 amide bonds. The zero-order chi connectivity index (χ0) is 12.8. The maximum atomic E-state index is 6.24. The molecule has 2 rings (SSSR count). The summed E-state index contributed by atoms with van der Waals surface area (Å²) in [6.07, 6.45) is 2.23. The predicted octanol–water partition coefficient (Wildman–Crippen LogP) is 1.24. The van der Waals surface area contributed by atoms with E-state index in [0.29, 0.717) is 6.04 Å². The van der Waals surface area contributed by atoms with E-state index in [9.17, 15) is 0 Å². The molecule has 0 unspecified atom stereocenters. The third-order valence-corrected chi connectivity index (χ3v) is 3.60. The van der Waals surface area contributed by atoms with Gasteiger partial charge in [-0.3, -0.25) is 0 Å². The van der Waals surface area contributed by atoms with Gasteiger partial charge in [0.1, 0.15) is 0 Å². The van der Waals surface area contributed by atoms with Crippen LogP contribution in [0.1, 0.15) is 18.9 Å². The monoisotopic (exact) mass is 247 g/mol. The molecule has 1 heterocycles. The average Bonchev–Trinajstić information content (AvgIpc) is 2.78. The number of nitrogens with two attached hydrogens (primary N) is 1. The molecule has 3 heteroatoms. The standard InChI is InChI=1S/C15H25N3/c1-2-17-15-8-9-18(12-15)11-14(16)10-13-6-4-3-5-7-13/h3-7,14-15,17H,2,8-12,16H2,1H3/t14-,15+/m1/s1. The van der Waals surface area contributed by atoms with Crippen LogP contribution in [-0.2, 0) is 6.42 Å². The first-order valence-corrected chi connectivity index (χ1v) is 7.03. The number of rotatable bonds is 6. The summed E-state index contributed by atoms with van der Waals surface area (Å²) >= 11 is 0. The van der Waals surface area contributed by atoms with Gasteiger partial charge in [-0.15, -0.1) is 0 Å². The Morgan fingerprint density at radius 3 is 2.89 bits per heavy atom. The van der Waals surface area contributed by atoms with E-state index in [4.69, 9.17) is 5.73 Å². The average molecular weight is 247 g/mol. The van der Waals surface area contributed by atoms with Gasteiger partial charge in [0.2, 0.25) is 0 Å². The number of nitrogens with one attached hydrogen (secondary N) is 1. The highest BCUT2D eigenvalue weighted by molar-refractivity contribution is 5.15. The SMILES string of the molecule is CCN[C@H]1CCN(C[C@H](N)Cc2ccccc2)C1. The first-order chi connectivity index (χ1) is 8.78. The van der Waals surface area contributed by atoms with Gasteiger partial charge in [0.15, 0.2) is 0 Å². The van der Waals surface area contributed by atoms with Crippen LogP contribution in [0, 0.1) is 0 Å². The molecule has 18 heavy (non-hydrogen) atoms. The van der Waals surface area contributed by atoms with Gasteiger partial charge in [-0.05, 0) is 31.5 Å². The lowest BCUT2D eigenvalue weighted by atomic mass is 10.1. The fourth-order valence-electron chi connectivity index (χ4n) is 2.77. The zero-order valence-corrected chi connectivity index (χ0v) is 11.3. The van der Waals surface area contributed by atoms with Crippen molar-refractivity contribution in [2.75, 3.05) is 26.2 Å². The highest BCUT2D eigenvalue weighted by Gasteiger charge is 2.22. The fraction of sp³-hybridized carbons (Fsp3) is 0.600. The molecule has 100 valence electrons. The van der Waals surface area contributed by atoms with E-state index in [-0.39, 0.29) is 6.04 Å². The molecule has 1 saturated heterocycles. The van der Waals surface area contributed by atoms with Gasteiger partial charge in [0, 0.05) is 25.2 Å². The van der Waals surface area contributed by atoms with E-state index in [1.54, 1.807) is 0 Å². The van der Waals surface area contributed by atoms with Crippen LogP contribution in [-0.4, -0.2) is 43.2 Å². The minimum atomic E-state index is 0.243. The Bertz CT molecular complexity index is 339. The third kappa shape index (κ3) is 4.09. The maximum Gasteiger partial charge on any atom is 0.0208 e. The van der Waals surface area contributed by atoms with Crippen molar-refractivity contribution in [1.82, 2.24) is 10.2 Å². The first-order valence-electron chi connectivity index (χ1n) is 7.03. The second kappa shape index (κ2) is 6.88. The van der Waals surface area contributed by atoms with Crippen molar-refractivity contribution in [2.24, 2.45) is 5.73 Å². The van der Waals surface area contributed by atoms with E-state index < -0.39 is 0 Å². The van der Waals surface area contributed by atoms with E-state index in [0.717, 1.165) is 26.1 Å².